The minimum absolute atomic E-state index is 0.119. The van der Waals surface area contributed by atoms with Crippen LogP contribution in [0.15, 0.2) is 24.3 Å². The molecule has 0 aromatic heterocycles. The maximum absolute atomic E-state index is 11.6. The van der Waals surface area contributed by atoms with E-state index in [0.29, 0.717) is 10.6 Å². The van der Waals surface area contributed by atoms with E-state index in [0.717, 1.165) is 0 Å². The second-order valence-electron chi connectivity index (χ2n) is 4.10. The van der Waals surface area contributed by atoms with Crippen LogP contribution in [0.4, 0.5) is 0 Å². The summed E-state index contributed by atoms with van der Waals surface area (Å²) in [5.41, 5.74) is 0.374. The zero-order valence-electron chi connectivity index (χ0n) is 10.2. The molecular formula is C12H15ClN2O3. The predicted molar refractivity (Wildman–Crippen MR) is 68.5 cm³/mol. The summed E-state index contributed by atoms with van der Waals surface area (Å²) in [6, 6.07) is 5.41. The number of carboxylic acid groups (broad SMARTS) is 1. The van der Waals surface area contributed by atoms with Crippen LogP contribution in [0.5, 0.6) is 0 Å². The molecule has 0 bridgehead atoms. The van der Waals surface area contributed by atoms with Crippen molar-refractivity contribution >= 4 is 23.5 Å². The number of nitrogens with one attached hydrogen (secondary N) is 1. The molecule has 0 aliphatic heterocycles. The lowest BCUT2D eigenvalue weighted by Gasteiger charge is -2.17. The van der Waals surface area contributed by atoms with E-state index in [1.807, 2.05) is 0 Å². The number of rotatable bonds is 5. The van der Waals surface area contributed by atoms with Gasteiger partial charge in [-0.05, 0) is 20.2 Å². The molecule has 1 rings (SSSR count). The lowest BCUT2D eigenvalue weighted by atomic mass is 10.1. The summed E-state index contributed by atoms with van der Waals surface area (Å²) in [6.07, 6.45) is 0. The molecule has 0 radical (unpaired) electrons. The standard InChI is InChI=1S/C12H15ClN2O3/c1-15(2)7-10(16)14-11(12(17)18)8-5-3-4-6-9(8)13/h3-6,11H,7H2,1-2H3,(H,14,16)(H,17,18)/t11-/m1/s1. The second kappa shape index (κ2) is 6.37. The van der Waals surface area contributed by atoms with E-state index in [2.05, 4.69) is 5.32 Å². The summed E-state index contributed by atoms with van der Waals surface area (Å²) in [7, 11) is 3.45. The molecule has 1 aromatic carbocycles. The molecule has 0 heterocycles. The highest BCUT2D eigenvalue weighted by Crippen LogP contribution is 2.22. The van der Waals surface area contributed by atoms with Crippen molar-refractivity contribution in [2.75, 3.05) is 20.6 Å². The Kier molecular flexibility index (Phi) is 5.12. The van der Waals surface area contributed by atoms with Gasteiger partial charge in [0.1, 0.15) is 0 Å². The van der Waals surface area contributed by atoms with E-state index in [9.17, 15) is 9.59 Å². The highest BCUT2D eigenvalue weighted by Gasteiger charge is 2.24. The number of amides is 1. The monoisotopic (exact) mass is 270 g/mol. The highest BCUT2D eigenvalue weighted by atomic mass is 35.5. The Labute approximate surface area is 110 Å². The molecule has 98 valence electrons. The fourth-order valence-corrected chi connectivity index (χ4v) is 1.72. The molecule has 0 unspecified atom stereocenters. The molecule has 0 aliphatic carbocycles. The van der Waals surface area contributed by atoms with Crippen LogP contribution < -0.4 is 5.32 Å². The largest absolute Gasteiger partial charge is 0.479 e. The van der Waals surface area contributed by atoms with Gasteiger partial charge in [-0.2, -0.15) is 0 Å². The third kappa shape index (κ3) is 4.01. The Hall–Kier alpha value is -1.59. The van der Waals surface area contributed by atoms with Crippen LogP contribution in [0.3, 0.4) is 0 Å². The van der Waals surface area contributed by atoms with Gasteiger partial charge in [-0.25, -0.2) is 4.79 Å². The summed E-state index contributed by atoms with van der Waals surface area (Å²) >= 11 is 5.93. The number of hydrogen-bond donors (Lipinski definition) is 2. The summed E-state index contributed by atoms with van der Waals surface area (Å²) in [4.78, 5) is 24.4. The number of hydrogen-bond acceptors (Lipinski definition) is 3. The van der Waals surface area contributed by atoms with Crippen LogP contribution in [-0.4, -0.2) is 42.5 Å². The van der Waals surface area contributed by atoms with E-state index < -0.39 is 12.0 Å². The van der Waals surface area contributed by atoms with Crippen LogP contribution in [0.1, 0.15) is 11.6 Å². The van der Waals surface area contributed by atoms with Gasteiger partial charge < -0.3 is 15.3 Å². The molecule has 1 amide bonds. The van der Waals surface area contributed by atoms with Crippen LogP contribution in [0, 0.1) is 0 Å². The van der Waals surface area contributed by atoms with Gasteiger partial charge in [0, 0.05) is 10.6 Å². The van der Waals surface area contributed by atoms with Crippen molar-refractivity contribution in [3.05, 3.63) is 34.9 Å². The zero-order chi connectivity index (χ0) is 13.7. The van der Waals surface area contributed by atoms with Gasteiger partial charge >= 0.3 is 5.97 Å². The number of carbonyl (C=O) groups excluding carboxylic acids is 1. The third-order valence-corrected chi connectivity index (χ3v) is 2.57. The molecular weight excluding hydrogens is 256 g/mol. The minimum atomic E-state index is -1.14. The van der Waals surface area contributed by atoms with Crippen molar-refractivity contribution in [1.82, 2.24) is 10.2 Å². The van der Waals surface area contributed by atoms with Gasteiger partial charge in [-0.15, -0.1) is 0 Å². The van der Waals surface area contributed by atoms with Gasteiger partial charge in [0.15, 0.2) is 6.04 Å². The molecule has 18 heavy (non-hydrogen) atoms. The summed E-state index contributed by atoms with van der Waals surface area (Å²) < 4.78 is 0. The maximum Gasteiger partial charge on any atom is 0.330 e. The molecule has 0 aliphatic rings. The van der Waals surface area contributed by atoms with Crippen molar-refractivity contribution in [2.45, 2.75) is 6.04 Å². The fourth-order valence-electron chi connectivity index (χ4n) is 1.48. The first-order valence-corrected chi connectivity index (χ1v) is 5.71. The maximum atomic E-state index is 11.6. The first-order chi connectivity index (χ1) is 8.41. The lowest BCUT2D eigenvalue weighted by Crippen LogP contribution is -2.39. The van der Waals surface area contributed by atoms with Gasteiger partial charge in [-0.3, -0.25) is 4.79 Å². The molecule has 0 spiro atoms. The first-order valence-electron chi connectivity index (χ1n) is 5.33. The average molecular weight is 271 g/mol. The Morgan fingerprint density at radius 1 is 1.39 bits per heavy atom. The number of likely N-dealkylation sites (N-methyl/N-ethyl adjacent to an activating group) is 1. The molecule has 0 saturated heterocycles. The van der Waals surface area contributed by atoms with Crippen LogP contribution >= 0.6 is 11.6 Å². The first kappa shape index (κ1) is 14.5. The second-order valence-corrected chi connectivity index (χ2v) is 4.51. The number of aliphatic carboxylic acids is 1. The van der Waals surface area contributed by atoms with Gasteiger partial charge in [0.05, 0.1) is 6.54 Å². The van der Waals surface area contributed by atoms with E-state index >= 15 is 0 Å². The van der Waals surface area contributed by atoms with Crippen LogP contribution in [-0.2, 0) is 9.59 Å². The molecule has 0 fully saturated rings. The SMILES string of the molecule is CN(C)CC(=O)N[C@@H](C(=O)O)c1ccccc1Cl. The quantitative estimate of drug-likeness (QED) is 0.842. The normalized spacial score (nSPS) is 12.2. The molecule has 1 atom stereocenters. The van der Waals surface area contributed by atoms with Crippen molar-refractivity contribution < 1.29 is 14.7 Å². The Balaban J connectivity index is 2.88. The topological polar surface area (TPSA) is 69.6 Å². The third-order valence-electron chi connectivity index (χ3n) is 2.23. The highest BCUT2D eigenvalue weighted by molar-refractivity contribution is 6.31. The number of benzene rings is 1. The zero-order valence-corrected chi connectivity index (χ0v) is 10.9. The number of halogens is 1. The molecule has 5 nitrogen and oxygen atoms in total. The van der Waals surface area contributed by atoms with Crippen molar-refractivity contribution in [3.8, 4) is 0 Å². The number of carbonyl (C=O) groups is 2. The smallest absolute Gasteiger partial charge is 0.330 e. The minimum Gasteiger partial charge on any atom is -0.479 e. The molecule has 0 saturated carbocycles. The Bertz CT molecular complexity index is 449. The molecule has 6 heteroatoms. The summed E-state index contributed by atoms with van der Waals surface area (Å²) in [5, 5.41) is 11.9. The van der Waals surface area contributed by atoms with Crippen molar-refractivity contribution in [2.24, 2.45) is 0 Å². The average Bonchev–Trinajstić information content (AvgIpc) is 2.25. The van der Waals surface area contributed by atoms with E-state index in [1.165, 1.54) is 0 Å². The summed E-state index contributed by atoms with van der Waals surface area (Å²) in [5.74, 6) is -1.51. The lowest BCUT2D eigenvalue weighted by molar-refractivity contribution is -0.142. The molecule has 1 aromatic rings. The van der Waals surface area contributed by atoms with Crippen LogP contribution in [0.2, 0.25) is 5.02 Å². The number of nitrogens with zero attached hydrogens (tertiary/aromatic N) is 1. The predicted octanol–water partition coefficient (Wildman–Crippen LogP) is 1.14. The van der Waals surface area contributed by atoms with Gasteiger partial charge in [0.25, 0.3) is 0 Å². The van der Waals surface area contributed by atoms with E-state index in [-0.39, 0.29) is 12.5 Å². The van der Waals surface area contributed by atoms with Gasteiger partial charge in [0.2, 0.25) is 5.91 Å². The fraction of sp³-hybridized carbons (Fsp3) is 0.333. The van der Waals surface area contributed by atoms with E-state index in [4.69, 9.17) is 16.7 Å². The van der Waals surface area contributed by atoms with Crippen molar-refractivity contribution in [3.63, 3.8) is 0 Å². The Morgan fingerprint density at radius 2 is 2.00 bits per heavy atom. The summed E-state index contributed by atoms with van der Waals surface area (Å²) in [6.45, 7) is 0.119. The Morgan fingerprint density at radius 3 is 2.50 bits per heavy atom. The molecule has 2 N–H and O–H groups in total. The van der Waals surface area contributed by atoms with Crippen LogP contribution in [0.25, 0.3) is 0 Å². The number of carboxylic acids is 1. The van der Waals surface area contributed by atoms with E-state index in [1.54, 1.807) is 43.3 Å². The van der Waals surface area contributed by atoms with Gasteiger partial charge in [-0.1, -0.05) is 29.8 Å². The van der Waals surface area contributed by atoms with Crippen molar-refractivity contribution in [1.29, 1.82) is 0 Å².